The van der Waals surface area contributed by atoms with Crippen molar-refractivity contribution in [1.82, 2.24) is 9.78 Å². The maximum atomic E-state index is 12.6. The first-order valence-corrected chi connectivity index (χ1v) is 9.04. The number of rotatable bonds is 6. The number of ether oxygens (including phenoxy) is 1. The van der Waals surface area contributed by atoms with E-state index in [2.05, 4.69) is 5.10 Å². The molecule has 8 heteroatoms. The van der Waals surface area contributed by atoms with Crippen LogP contribution in [-0.4, -0.2) is 28.8 Å². The van der Waals surface area contributed by atoms with Crippen LogP contribution in [-0.2, 0) is 6.54 Å². The van der Waals surface area contributed by atoms with Gasteiger partial charge < -0.3 is 4.74 Å². The molecule has 0 spiro atoms. The van der Waals surface area contributed by atoms with E-state index in [9.17, 15) is 18.0 Å². The van der Waals surface area contributed by atoms with Crippen molar-refractivity contribution in [3.63, 3.8) is 0 Å². The van der Waals surface area contributed by atoms with Gasteiger partial charge in [-0.05, 0) is 42.7 Å². The van der Waals surface area contributed by atoms with Gasteiger partial charge in [0.1, 0.15) is 6.54 Å². The summed E-state index contributed by atoms with van der Waals surface area (Å²) < 4.78 is 43.9. The third kappa shape index (κ3) is 4.56. The molecule has 0 N–H and O–H groups in total. The molecule has 0 saturated heterocycles. The minimum absolute atomic E-state index is 0.0666. The average molecular weight is 370 g/mol. The van der Waals surface area contributed by atoms with Gasteiger partial charge in [0, 0.05) is 10.5 Å². The molecule has 1 saturated carbocycles. The highest BCUT2D eigenvalue weighted by molar-refractivity contribution is 7.98. The number of alkyl halides is 3. The van der Waals surface area contributed by atoms with E-state index in [4.69, 9.17) is 4.74 Å². The lowest BCUT2D eigenvalue weighted by molar-refractivity contribution is -0.143. The van der Waals surface area contributed by atoms with Crippen LogP contribution in [0.1, 0.15) is 12.8 Å². The van der Waals surface area contributed by atoms with Crippen LogP contribution in [0, 0.1) is 5.92 Å². The summed E-state index contributed by atoms with van der Waals surface area (Å²) in [5.41, 5.74) is 0.244. The predicted molar refractivity (Wildman–Crippen MR) is 90.0 cm³/mol. The van der Waals surface area contributed by atoms with E-state index >= 15 is 0 Å². The SMILES string of the molecule is CSc1ccc(-c2cnn(CC(F)(F)F)c(=O)c2OCC2CC2)cc1. The zero-order valence-electron chi connectivity index (χ0n) is 13.5. The van der Waals surface area contributed by atoms with E-state index in [-0.39, 0.29) is 5.75 Å². The first kappa shape index (κ1) is 17.8. The van der Waals surface area contributed by atoms with Crippen LogP contribution in [0.3, 0.4) is 0 Å². The fourth-order valence-electron chi connectivity index (χ4n) is 2.35. The van der Waals surface area contributed by atoms with Crippen LogP contribution in [0.4, 0.5) is 13.2 Å². The molecular formula is C17H17F3N2O2S. The summed E-state index contributed by atoms with van der Waals surface area (Å²) in [5.74, 6) is 0.304. The summed E-state index contributed by atoms with van der Waals surface area (Å²) in [4.78, 5) is 13.5. The Bertz CT molecular complexity index is 799. The van der Waals surface area contributed by atoms with Crippen molar-refractivity contribution in [3.05, 3.63) is 40.8 Å². The van der Waals surface area contributed by atoms with Gasteiger partial charge in [0.05, 0.1) is 12.8 Å². The standard InChI is InChI=1S/C17H17F3N2O2S/c1-25-13-6-4-12(5-7-13)14-8-21-22(10-17(18,19)20)16(23)15(14)24-9-11-2-3-11/h4-8,11H,2-3,9-10H2,1H3. The van der Waals surface area contributed by atoms with Gasteiger partial charge in [-0.2, -0.15) is 18.3 Å². The van der Waals surface area contributed by atoms with Crippen molar-refractivity contribution in [2.24, 2.45) is 5.92 Å². The smallest absolute Gasteiger partial charge is 0.408 e. The maximum absolute atomic E-state index is 12.6. The Balaban J connectivity index is 1.99. The zero-order valence-corrected chi connectivity index (χ0v) is 14.4. The molecule has 4 nitrogen and oxygen atoms in total. The Labute approximate surface area is 147 Å². The van der Waals surface area contributed by atoms with Crippen molar-refractivity contribution >= 4 is 11.8 Å². The number of thioether (sulfide) groups is 1. The molecule has 1 aliphatic rings. The molecule has 0 radical (unpaired) electrons. The summed E-state index contributed by atoms with van der Waals surface area (Å²) in [6.45, 7) is -1.10. The molecule has 3 rings (SSSR count). The maximum Gasteiger partial charge on any atom is 0.408 e. The normalized spacial score (nSPS) is 14.6. The summed E-state index contributed by atoms with van der Waals surface area (Å²) >= 11 is 1.57. The summed E-state index contributed by atoms with van der Waals surface area (Å²) in [7, 11) is 0. The largest absolute Gasteiger partial charge is 0.487 e. The number of aromatic nitrogens is 2. The van der Waals surface area contributed by atoms with E-state index in [0.717, 1.165) is 17.7 Å². The second kappa shape index (κ2) is 7.11. The van der Waals surface area contributed by atoms with Gasteiger partial charge in [-0.1, -0.05) is 12.1 Å². The summed E-state index contributed by atoms with van der Waals surface area (Å²) in [6.07, 6.45) is 0.716. The summed E-state index contributed by atoms with van der Waals surface area (Å²) in [5, 5.41) is 3.68. The second-order valence-corrected chi connectivity index (χ2v) is 6.83. The van der Waals surface area contributed by atoms with Gasteiger partial charge in [0.25, 0.3) is 0 Å². The van der Waals surface area contributed by atoms with Gasteiger partial charge in [-0.3, -0.25) is 4.79 Å². The molecular weight excluding hydrogens is 353 g/mol. The summed E-state index contributed by atoms with van der Waals surface area (Å²) in [6, 6.07) is 7.37. The van der Waals surface area contributed by atoms with E-state index in [1.165, 1.54) is 6.20 Å². The molecule has 1 aliphatic carbocycles. The van der Waals surface area contributed by atoms with Crippen LogP contribution < -0.4 is 10.3 Å². The average Bonchev–Trinajstić information content (AvgIpc) is 3.39. The first-order chi connectivity index (χ1) is 11.9. The minimum atomic E-state index is -4.52. The van der Waals surface area contributed by atoms with Crippen molar-refractivity contribution in [2.45, 2.75) is 30.5 Å². The highest BCUT2D eigenvalue weighted by atomic mass is 32.2. The number of benzene rings is 1. The number of hydrogen-bond donors (Lipinski definition) is 0. The predicted octanol–water partition coefficient (Wildman–Crippen LogP) is 3.98. The molecule has 0 aliphatic heterocycles. The molecule has 25 heavy (non-hydrogen) atoms. The molecule has 1 heterocycles. The third-order valence-corrected chi connectivity index (χ3v) is 4.63. The van der Waals surface area contributed by atoms with E-state index in [1.54, 1.807) is 23.9 Å². The second-order valence-electron chi connectivity index (χ2n) is 5.95. The van der Waals surface area contributed by atoms with Crippen LogP contribution in [0.2, 0.25) is 0 Å². The molecule has 0 atom stereocenters. The third-order valence-electron chi connectivity index (χ3n) is 3.89. The fourth-order valence-corrected chi connectivity index (χ4v) is 2.76. The van der Waals surface area contributed by atoms with Gasteiger partial charge in [0.15, 0.2) is 5.75 Å². The topological polar surface area (TPSA) is 44.1 Å². The molecule has 1 fully saturated rings. The van der Waals surface area contributed by atoms with Crippen LogP contribution in [0.25, 0.3) is 11.1 Å². The minimum Gasteiger partial charge on any atom is -0.487 e. The molecule has 2 aromatic rings. The van der Waals surface area contributed by atoms with Crippen LogP contribution in [0.15, 0.2) is 40.2 Å². The number of halogens is 3. The highest BCUT2D eigenvalue weighted by Crippen LogP contribution is 2.32. The lowest BCUT2D eigenvalue weighted by Crippen LogP contribution is -2.31. The monoisotopic (exact) mass is 370 g/mol. The van der Waals surface area contributed by atoms with Crippen molar-refractivity contribution < 1.29 is 17.9 Å². The lowest BCUT2D eigenvalue weighted by Gasteiger charge is -2.14. The highest BCUT2D eigenvalue weighted by Gasteiger charge is 2.31. The van der Waals surface area contributed by atoms with Crippen molar-refractivity contribution in [3.8, 4) is 16.9 Å². The van der Waals surface area contributed by atoms with E-state index in [0.29, 0.717) is 28.3 Å². The molecule has 0 amide bonds. The fraction of sp³-hybridized carbons (Fsp3) is 0.412. The van der Waals surface area contributed by atoms with E-state index in [1.807, 2.05) is 18.4 Å². The molecule has 0 bridgehead atoms. The van der Waals surface area contributed by atoms with Crippen molar-refractivity contribution in [1.29, 1.82) is 0 Å². The first-order valence-electron chi connectivity index (χ1n) is 7.81. The Hall–Kier alpha value is -1.96. The molecule has 0 unspecified atom stereocenters. The lowest BCUT2D eigenvalue weighted by atomic mass is 10.1. The molecule has 1 aromatic carbocycles. The van der Waals surface area contributed by atoms with Gasteiger partial charge >= 0.3 is 11.7 Å². The number of nitrogens with zero attached hydrogens (tertiary/aromatic N) is 2. The Morgan fingerprint density at radius 2 is 1.96 bits per heavy atom. The Kier molecular flexibility index (Phi) is 5.08. The van der Waals surface area contributed by atoms with Gasteiger partial charge in [0.2, 0.25) is 0 Å². The van der Waals surface area contributed by atoms with Crippen LogP contribution >= 0.6 is 11.8 Å². The van der Waals surface area contributed by atoms with Gasteiger partial charge in [-0.15, -0.1) is 11.8 Å². The van der Waals surface area contributed by atoms with Gasteiger partial charge in [-0.25, -0.2) is 4.68 Å². The Morgan fingerprint density at radius 1 is 1.28 bits per heavy atom. The quantitative estimate of drug-likeness (QED) is 0.722. The zero-order chi connectivity index (χ0) is 18.0. The molecule has 1 aromatic heterocycles. The van der Waals surface area contributed by atoms with Crippen LogP contribution in [0.5, 0.6) is 5.75 Å². The molecule has 134 valence electrons. The van der Waals surface area contributed by atoms with E-state index < -0.39 is 18.3 Å². The Morgan fingerprint density at radius 3 is 2.52 bits per heavy atom. The number of hydrogen-bond acceptors (Lipinski definition) is 4. The van der Waals surface area contributed by atoms with Crippen molar-refractivity contribution in [2.75, 3.05) is 12.9 Å².